The van der Waals surface area contributed by atoms with E-state index >= 15 is 4.57 Å². The fraction of sp³-hybridized carbons (Fsp3) is 0.0714. The van der Waals surface area contributed by atoms with Crippen molar-refractivity contribution >= 4 is 44.6 Å². The number of hydrogen-bond acceptors (Lipinski definition) is 1. The predicted molar refractivity (Wildman–Crippen MR) is 131 cm³/mol. The van der Waals surface area contributed by atoms with Gasteiger partial charge in [0.25, 0.3) is 0 Å². The molecule has 5 aromatic carbocycles. The molecule has 5 aromatic rings. The average Bonchev–Trinajstić information content (AvgIpc) is 2.87. The number of fused-ring (bicyclic) bond motifs is 3. The predicted octanol–water partition coefficient (Wildman–Crippen LogP) is 7.67. The molecule has 0 radical (unpaired) electrons. The molecule has 0 aliphatic heterocycles. The van der Waals surface area contributed by atoms with Crippen LogP contribution in [0, 0.1) is 0 Å². The average molecular weight is 514 g/mol. The van der Waals surface area contributed by atoms with Crippen LogP contribution in [0.5, 0.6) is 0 Å². The Labute approximate surface area is 202 Å². The molecule has 36 heavy (non-hydrogen) atoms. The van der Waals surface area contributed by atoms with Gasteiger partial charge in [-0.2, -0.15) is 26.3 Å². The summed E-state index contributed by atoms with van der Waals surface area (Å²) in [7, 11) is -4.73. The fourth-order valence-corrected chi connectivity index (χ4v) is 7.97. The SMILES string of the molecule is O=P(c1ccccc1C(F)(F)F)(c1ccccc1C(F)(F)F)c1cc2ccccc2c2ccccc12. The molecule has 5 rings (SSSR count). The summed E-state index contributed by atoms with van der Waals surface area (Å²) < 4.78 is 100. The molecule has 0 atom stereocenters. The summed E-state index contributed by atoms with van der Waals surface area (Å²) in [6.45, 7) is 0. The Balaban J connectivity index is 2.02. The summed E-state index contributed by atoms with van der Waals surface area (Å²) in [6.07, 6.45) is -9.88. The third kappa shape index (κ3) is 3.88. The number of rotatable bonds is 3. The van der Waals surface area contributed by atoms with Gasteiger partial charge in [-0.05, 0) is 39.7 Å². The maximum absolute atomic E-state index is 15.2. The minimum Gasteiger partial charge on any atom is -0.309 e. The van der Waals surface area contributed by atoms with Crippen molar-refractivity contribution in [1.29, 1.82) is 0 Å². The first-order valence-electron chi connectivity index (χ1n) is 10.9. The van der Waals surface area contributed by atoms with Crippen molar-refractivity contribution in [3.05, 3.63) is 114 Å². The molecule has 182 valence electrons. The maximum atomic E-state index is 15.2. The van der Waals surface area contributed by atoms with E-state index in [1.54, 1.807) is 48.5 Å². The topological polar surface area (TPSA) is 17.1 Å². The molecule has 0 spiro atoms. The lowest BCUT2D eigenvalue weighted by Gasteiger charge is -2.27. The van der Waals surface area contributed by atoms with Gasteiger partial charge in [0, 0.05) is 15.9 Å². The minimum absolute atomic E-state index is 0.0785. The van der Waals surface area contributed by atoms with E-state index in [0.29, 0.717) is 16.2 Å². The maximum Gasteiger partial charge on any atom is 0.417 e. The molecule has 0 unspecified atom stereocenters. The summed E-state index contributed by atoms with van der Waals surface area (Å²) in [4.78, 5) is 0. The monoisotopic (exact) mass is 514 g/mol. The van der Waals surface area contributed by atoms with Crippen LogP contribution in [0.3, 0.4) is 0 Å². The van der Waals surface area contributed by atoms with Gasteiger partial charge in [-0.3, -0.25) is 0 Å². The number of alkyl halides is 6. The van der Waals surface area contributed by atoms with Crippen LogP contribution in [0.4, 0.5) is 26.3 Å². The van der Waals surface area contributed by atoms with Crippen LogP contribution in [0.15, 0.2) is 103 Å². The molecule has 0 saturated heterocycles. The smallest absolute Gasteiger partial charge is 0.309 e. The van der Waals surface area contributed by atoms with Crippen LogP contribution in [0.2, 0.25) is 0 Å². The van der Waals surface area contributed by atoms with E-state index < -0.39 is 41.2 Å². The van der Waals surface area contributed by atoms with Crippen molar-refractivity contribution in [2.45, 2.75) is 12.4 Å². The first-order chi connectivity index (χ1) is 17.0. The molecule has 0 aromatic heterocycles. The van der Waals surface area contributed by atoms with Crippen molar-refractivity contribution < 1.29 is 30.9 Å². The van der Waals surface area contributed by atoms with Crippen LogP contribution >= 0.6 is 7.14 Å². The largest absolute Gasteiger partial charge is 0.417 e. The van der Waals surface area contributed by atoms with E-state index in [-0.39, 0.29) is 5.30 Å². The first-order valence-corrected chi connectivity index (χ1v) is 12.6. The van der Waals surface area contributed by atoms with Gasteiger partial charge in [0.15, 0.2) is 7.14 Å². The molecule has 0 saturated carbocycles. The standard InChI is InChI=1S/C28H17F6OP/c29-27(30,31)22-13-5-7-15-24(22)36(35,25-16-8-6-14-23(25)28(32,33)34)26-17-18-9-1-2-10-19(18)20-11-3-4-12-21(20)26/h1-17H. The quantitative estimate of drug-likeness (QED) is 0.137. The number of halogens is 6. The van der Waals surface area contributed by atoms with E-state index in [9.17, 15) is 26.3 Å². The summed E-state index contributed by atoms with van der Waals surface area (Å²) in [5, 5.41) is 0.764. The summed E-state index contributed by atoms with van der Waals surface area (Å²) in [6, 6.07) is 23.4. The van der Waals surface area contributed by atoms with E-state index in [4.69, 9.17) is 0 Å². The molecule has 0 heterocycles. The van der Waals surface area contributed by atoms with Crippen molar-refractivity contribution in [2.24, 2.45) is 0 Å². The van der Waals surface area contributed by atoms with Gasteiger partial charge >= 0.3 is 12.4 Å². The highest BCUT2D eigenvalue weighted by Crippen LogP contribution is 2.51. The Morgan fingerprint density at radius 3 is 1.42 bits per heavy atom. The van der Waals surface area contributed by atoms with Gasteiger partial charge in [0.2, 0.25) is 0 Å². The Morgan fingerprint density at radius 2 is 0.889 bits per heavy atom. The molecule has 0 fully saturated rings. The van der Waals surface area contributed by atoms with Crippen molar-refractivity contribution in [2.75, 3.05) is 0 Å². The molecule has 1 nitrogen and oxygen atoms in total. The summed E-state index contributed by atoms with van der Waals surface area (Å²) in [5.41, 5.74) is -2.47. The molecule has 0 aliphatic carbocycles. The highest BCUT2D eigenvalue weighted by molar-refractivity contribution is 7.86. The first kappa shape index (κ1) is 24.1. The van der Waals surface area contributed by atoms with E-state index in [1.807, 2.05) is 0 Å². The second-order valence-corrected chi connectivity index (χ2v) is 11.0. The second kappa shape index (κ2) is 8.52. The zero-order valence-corrected chi connectivity index (χ0v) is 19.3. The van der Waals surface area contributed by atoms with Crippen LogP contribution in [-0.4, -0.2) is 0 Å². The van der Waals surface area contributed by atoms with Crippen LogP contribution in [-0.2, 0) is 16.9 Å². The van der Waals surface area contributed by atoms with Crippen molar-refractivity contribution in [1.82, 2.24) is 0 Å². The van der Waals surface area contributed by atoms with Gasteiger partial charge in [-0.25, -0.2) is 0 Å². The number of benzene rings is 5. The third-order valence-electron chi connectivity index (χ3n) is 6.18. The Kier molecular flexibility index (Phi) is 5.72. The molecular weight excluding hydrogens is 497 g/mol. The van der Waals surface area contributed by atoms with Gasteiger partial charge in [0.05, 0.1) is 11.1 Å². The summed E-state index contributed by atoms with van der Waals surface area (Å²) in [5.74, 6) is 0. The van der Waals surface area contributed by atoms with Crippen LogP contribution < -0.4 is 15.9 Å². The molecule has 0 bridgehead atoms. The third-order valence-corrected chi connectivity index (χ3v) is 9.37. The van der Waals surface area contributed by atoms with Crippen LogP contribution in [0.1, 0.15) is 11.1 Å². The zero-order chi connectivity index (χ0) is 25.7. The highest BCUT2D eigenvalue weighted by atomic mass is 31.2. The van der Waals surface area contributed by atoms with Gasteiger partial charge in [0.1, 0.15) is 0 Å². The lowest BCUT2D eigenvalue weighted by molar-refractivity contribution is -0.137. The van der Waals surface area contributed by atoms with E-state index in [1.165, 1.54) is 18.2 Å². The minimum atomic E-state index is -4.94. The fourth-order valence-electron chi connectivity index (χ4n) is 4.66. The van der Waals surface area contributed by atoms with Gasteiger partial charge in [-0.1, -0.05) is 84.9 Å². The molecule has 0 N–H and O–H groups in total. The highest BCUT2D eigenvalue weighted by Gasteiger charge is 2.45. The molecular formula is C28H17F6OP. The van der Waals surface area contributed by atoms with Crippen molar-refractivity contribution in [3.8, 4) is 0 Å². The van der Waals surface area contributed by atoms with Gasteiger partial charge in [-0.15, -0.1) is 0 Å². The normalized spacial score (nSPS) is 12.8. The van der Waals surface area contributed by atoms with Crippen LogP contribution in [0.25, 0.3) is 21.5 Å². The van der Waals surface area contributed by atoms with E-state index in [2.05, 4.69) is 0 Å². The molecule has 0 amide bonds. The zero-order valence-electron chi connectivity index (χ0n) is 18.4. The lowest BCUT2D eigenvalue weighted by atomic mass is 10.0. The molecule has 8 heteroatoms. The van der Waals surface area contributed by atoms with Gasteiger partial charge < -0.3 is 4.57 Å². The Bertz CT molecular complexity index is 1590. The Morgan fingerprint density at radius 1 is 0.472 bits per heavy atom. The lowest BCUT2D eigenvalue weighted by Crippen LogP contribution is -2.33. The number of hydrogen-bond donors (Lipinski definition) is 0. The second-order valence-electron chi connectivity index (χ2n) is 8.30. The Hall–Kier alpha value is -3.57. The molecule has 0 aliphatic rings. The van der Waals surface area contributed by atoms with Crippen molar-refractivity contribution in [3.63, 3.8) is 0 Å². The van der Waals surface area contributed by atoms with E-state index in [0.717, 1.165) is 41.8 Å². The summed E-state index contributed by atoms with van der Waals surface area (Å²) >= 11 is 0.